The number of hydrogen-bond donors (Lipinski definition) is 12. The fourth-order valence-corrected chi connectivity index (χ4v) is 7.62. The third kappa shape index (κ3) is 16.4. The number of nitrogens with zero attached hydrogens (tertiary/aromatic N) is 1. The second-order valence-corrected chi connectivity index (χ2v) is 16.8. The fraction of sp³-hybridized carbons (Fsp3) is 0.413. The van der Waals surface area contributed by atoms with Crippen LogP contribution in [0.25, 0.3) is 0 Å². The van der Waals surface area contributed by atoms with E-state index < -0.39 is 59.8 Å². The third-order valence-corrected chi connectivity index (χ3v) is 11.5. The van der Waals surface area contributed by atoms with E-state index in [1.807, 2.05) is 0 Å². The van der Waals surface area contributed by atoms with E-state index in [1.165, 1.54) is 76.1 Å². The molecule has 0 fully saturated rings. The van der Waals surface area contributed by atoms with Gasteiger partial charge in [-0.25, -0.2) is 4.98 Å². The number of aliphatic hydroxyl groups excluding tert-OH is 1. The lowest BCUT2D eigenvalue weighted by molar-refractivity contribution is -0.118. The van der Waals surface area contributed by atoms with Crippen molar-refractivity contribution in [1.82, 2.24) is 20.9 Å². The first kappa shape index (κ1) is 54.7. The Morgan fingerprint density at radius 2 is 0.957 bits per heavy atom. The van der Waals surface area contributed by atoms with Gasteiger partial charge in [-0.2, -0.15) is 0 Å². The number of hydrogen-bond acceptors (Lipinski definition) is 17. The molecule has 23 heteroatoms. The maximum atomic E-state index is 14.0. The van der Waals surface area contributed by atoms with E-state index in [9.17, 15) is 33.9 Å². The number of benzene rings is 3. The van der Waals surface area contributed by atoms with Crippen molar-refractivity contribution < 1.29 is 48.1 Å². The minimum Gasteiger partial charge on any atom is -0.496 e. The van der Waals surface area contributed by atoms with E-state index in [-0.39, 0.29) is 68.8 Å². The molecule has 4 aromatic rings. The maximum Gasteiger partial charge on any atom is 0.263 e. The molecule has 1 aromatic heterocycles. The molecule has 1 heterocycles. The van der Waals surface area contributed by atoms with Gasteiger partial charge in [-0.05, 0) is 132 Å². The van der Waals surface area contributed by atoms with Crippen LogP contribution in [0.3, 0.4) is 0 Å². The molecule has 0 saturated carbocycles. The number of ether oxygens (including phenoxy) is 3. The SMILES string of the molecule is COc1ccc(NC(=O)C(CCCCN)NC(=O)c2cnc(N)s2)cc1C(=O)NC(CCCCN)C(=O)Nc1ccc(OC)c(C(=O)NC(CCCCN)C(=O)Nc2ccc(OC)c(C(N)O)c2)c1. The van der Waals surface area contributed by atoms with Gasteiger partial charge >= 0.3 is 0 Å². The summed E-state index contributed by atoms with van der Waals surface area (Å²) in [4.78, 5) is 86.3. The van der Waals surface area contributed by atoms with Crippen LogP contribution in [-0.2, 0) is 14.4 Å². The number of nitrogen functional groups attached to an aromatic ring is 1. The summed E-state index contributed by atoms with van der Waals surface area (Å²) in [7, 11) is 4.14. The fourth-order valence-electron chi connectivity index (χ4n) is 7.04. The number of carbonyl (C=O) groups is 6. The number of unbranched alkanes of at least 4 members (excludes halogenated alkanes) is 3. The van der Waals surface area contributed by atoms with Crippen molar-refractivity contribution in [3.63, 3.8) is 0 Å². The molecule has 6 amide bonds. The minimum atomic E-state index is -1.38. The molecule has 69 heavy (non-hydrogen) atoms. The molecule has 0 saturated heterocycles. The Hall–Kier alpha value is -6.89. The molecule has 0 radical (unpaired) electrons. The number of amides is 6. The normalized spacial score (nSPS) is 12.6. The van der Waals surface area contributed by atoms with Crippen LogP contribution >= 0.6 is 11.3 Å². The summed E-state index contributed by atoms with van der Waals surface area (Å²) in [6, 6.07) is 10.2. The molecule has 0 aliphatic carbocycles. The molecule has 22 nitrogen and oxygen atoms in total. The van der Waals surface area contributed by atoms with Gasteiger partial charge in [0.05, 0.1) is 38.7 Å². The van der Waals surface area contributed by atoms with Gasteiger partial charge in [0.1, 0.15) is 46.5 Å². The van der Waals surface area contributed by atoms with E-state index in [0.29, 0.717) is 69.6 Å². The average molecular weight is 977 g/mol. The van der Waals surface area contributed by atoms with Crippen LogP contribution in [0.1, 0.15) is 100.0 Å². The number of rotatable bonds is 28. The van der Waals surface area contributed by atoms with E-state index in [4.69, 9.17) is 42.9 Å². The topological polar surface area (TPSA) is 366 Å². The molecule has 0 aliphatic heterocycles. The van der Waals surface area contributed by atoms with Crippen molar-refractivity contribution in [2.24, 2.45) is 22.9 Å². The molecular weight excluding hydrogens is 913 g/mol. The highest BCUT2D eigenvalue weighted by atomic mass is 32.1. The zero-order valence-electron chi connectivity index (χ0n) is 38.9. The number of carbonyl (C=O) groups excluding carboxylic acids is 6. The summed E-state index contributed by atoms with van der Waals surface area (Å²) >= 11 is 0.977. The van der Waals surface area contributed by atoms with Crippen LogP contribution < -0.4 is 74.8 Å². The van der Waals surface area contributed by atoms with E-state index in [0.717, 1.165) is 11.3 Å². The minimum absolute atomic E-state index is 0.00589. The lowest BCUT2D eigenvalue weighted by atomic mass is 10.1. The Kier molecular flexibility index (Phi) is 22.0. The maximum absolute atomic E-state index is 14.0. The van der Waals surface area contributed by atoms with E-state index >= 15 is 0 Å². The average Bonchev–Trinajstić information content (AvgIpc) is 3.79. The third-order valence-electron chi connectivity index (χ3n) is 10.7. The summed E-state index contributed by atoms with van der Waals surface area (Å²) < 4.78 is 16.2. The van der Waals surface area contributed by atoms with Crippen molar-refractivity contribution in [2.45, 2.75) is 82.1 Å². The lowest BCUT2D eigenvalue weighted by Crippen LogP contribution is -2.44. The van der Waals surface area contributed by atoms with Crippen LogP contribution in [0.15, 0.2) is 60.8 Å². The molecule has 3 aromatic carbocycles. The van der Waals surface area contributed by atoms with Gasteiger partial charge in [0.25, 0.3) is 17.7 Å². The molecular formula is C46H64N12O10S. The number of nitrogens with one attached hydrogen (secondary N) is 6. The summed E-state index contributed by atoms with van der Waals surface area (Å²) in [5.41, 5.74) is 29.5. The van der Waals surface area contributed by atoms with Gasteiger partial charge in [0.15, 0.2) is 5.13 Å². The predicted octanol–water partition coefficient (Wildman–Crippen LogP) is 2.30. The zero-order chi connectivity index (χ0) is 50.5. The summed E-state index contributed by atoms with van der Waals surface area (Å²) in [5.74, 6) is -3.06. The molecule has 4 unspecified atom stereocenters. The van der Waals surface area contributed by atoms with Gasteiger partial charge in [-0.1, -0.05) is 11.3 Å². The first-order valence-electron chi connectivity index (χ1n) is 22.3. The number of aromatic nitrogens is 1. The van der Waals surface area contributed by atoms with Crippen molar-refractivity contribution in [1.29, 1.82) is 0 Å². The molecule has 4 rings (SSSR count). The molecule has 0 aliphatic rings. The smallest absolute Gasteiger partial charge is 0.263 e. The predicted molar refractivity (Wildman–Crippen MR) is 263 cm³/mol. The largest absolute Gasteiger partial charge is 0.496 e. The number of thiazole rings is 1. The summed E-state index contributed by atoms with van der Waals surface area (Å²) in [6.07, 6.45) is 3.85. The van der Waals surface area contributed by atoms with Gasteiger partial charge in [-0.3, -0.25) is 28.8 Å². The zero-order valence-corrected chi connectivity index (χ0v) is 39.7. The molecule has 17 N–H and O–H groups in total. The molecule has 0 bridgehead atoms. The van der Waals surface area contributed by atoms with E-state index in [2.05, 4.69) is 36.9 Å². The quantitative estimate of drug-likeness (QED) is 0.0287. The van der Waals surface area contributed by atoms with Crippen LogP contribution in [0.2, 0.25) is 0 Å². The monoisotopic (exact) mass is 976 g/mol. The van der Waals surface area contributed by atoms with Crippen LogP contribution in [0, 0.1) is 0 Å². The Morgan fingerprint density at radius 3 is 1.30 bits per heavy atom. The highest BCUT2D eigenvalue weighted by Crippen LogP contribution is 2.28. The first-order chi connectivity index (χ1) is 33.2. The number of nitrogens with two attached hydrogens (primary N) is 5. The van der Waals surface area contributed by atoms with Crippen molar-refractivity contribution in [3.8, 4) is 17.2 Å². The molecule has 374 valence electrons. The Balaban J connectivity index is 1.54. The van der Waals surface area contributed by atoms with Crippen LogP contribution in [-0.4, -0.2) is 105 Å². The first-order valence-corrected chi connectivity index (χ1v) is 23.1. The van der Waals surface area contributed by atoms with Gasteiger partial charge in [0.2, 0.25) is 17.7 Å². The second-order valence-electron chi connectivity index (χ2n) is 15.7. The molecule has 0 spiro atoms. The highest BCUT2D eigenvalue weighted by Gasteiger charge is 2.28. The summed E-state index contributed by atoms with van der Waals surface area (Å²) in [6.45, 7) is 1.10. The van der Waals surface area contributed by atoms with Gasteiger partial charge in [-0.15, -0.1) is 0 Å². The Labute approximate surface area is 404 Å². The Bertz CT molecular complexity index is 2380. The Morgan fingerprint density at radius 1 is 0.580 bits per heavy atom. The highest BCUT2D eigenvalue weighted by molar-refractivity contribution is 7.17. The number of anilines is 4. The molecule has 4 atom stereocenters. The lowest BCUT2D eigenvalue weighted by Gasteiger charge is -2.21. The van der Waals surface area contributed by atoms with Gasteiger partial charge in [0, 0.05) is 22.6 Å². The summed E-state index contributed by atoms with van der Waals surface area (Å²) in [5, 5.41) is 26.8. The second kappa shape index (κ2) is 27.8. The number of aliphatic hydroxyl groups is 1. The number of methoxy groups -OCH3 is 3. The van der Waals surface area contributed by atoms with Crippen LogP contribution in [0.5, 0.6) is 17.2 Å². The van der Waals surface area contributed by atoms with Crippen molar-refractivity contribution in [2.75, 3.05) is 62.6 Å². The van der Waals surface area contributed by atoms with Gasteiger partial charge < -0.3 is 79.9 Å². The van der Waals surface area contributed by atoms with E-state index in [1.54, 1.807) is 6.07 Å². The van der Waals surface area contributed by atoms with Crippen molar-refractivity contribution in [3.05, 3.63) is 82.4 Å². The van der Waals surface area contributed by atoms with Crippen LogP contribution in [0.4, 0.5) is 22.2 Å². The standard InChI is InChI=1S/C46H64N12O10S/c1-66-35-16-13-26(22-29(35)39(50)59)53-42(62)32(10-4-7-19-47)56-40(60)30-23-27(14-17-36(30)67-2)54-43(63)33(11-5-8-20-48)57-41(61)31-24-28(15-18-37(31)68-3)55-44(64)34(12-6-9-21-49)58-45(65)38-25-52-46(51)69-38/h13-18,22-25,32-34,39,59H,4-12,19-21,47-50H2,1-3H3,(H2,51,52)(H,53,62)(H,54,63)(H,55,64)(H,56,60)(H,57,61)(H,58,65). The van der Waals surface area contributed by atoms with Crippen molar-refractivity contribution >= 4 is 69.0 Å².